The van der Waals surface area contributed by atoms with Crippen molar-refractivity contribution in [2.24, 2.45) is 12.0 Å². The third-order valence-corrected chi connectivity index (χ3v) is 5.23. The van der Waals surface area contributed by atoms with E-state index in [1.165, 1.54) is 24.0 Å². The van der Waals surface area contributed by atoms with E-state index in [4.69, 9.17) is 0 Å². The summed E-state index contributed by atoms with van der Waals surface area (Å²) in [5.74, 6) is -0.0845. The van der Waals surface area contributed by atoms with Crippen LogP contribution in [0.25, 0.3) is 0 Å². The van der Waals surface area contributed by atoms with Gasteiger partial charge in [-0.05, 0) is 13.3 Å². The summed E-state index contributed by atoms with van der Waals surface area (Å²) in [6, 6.07) is 0. The molecule has 0 aliphatic carbocycles. The zero-order valence-electron chi connectivity index (χ0n) is 16.5. The Balaban J connectivity index is 0.00000420. The molecule has 29 heavy (non-hydrogen) atoms. The molecule has 1 atom stereocenters. The van der Waals surface area contributed by atoms with Crippen molar-refractivity contribution in [1.82, 2.24) is 25.2 Å². The average molecular weight is 546 g/mol. The predicted molar refractivity (Wildman–Crippen MR) is 118 cm³/mol. The first-order valence-corrected chi connectivity index (χ1v) is 9.75. The molecule has 0 spiro atoms. The maximum atomic E-state index is 13.5. The van der Waals surface area contributed by atoms with Crippen LogP contribution in [0.3, 0.4) is 0 Å². The number of halogens is 4. The highest BCUT2D eigenvalue weighted by molar-refractivity contribution is 14.0. The van der Waals surface area contributed by atoms with E-state index < -0.39 is 24.0 Å². The van der Waals surface area contributed by atoms with Crippen LogP contribution in [0.5, 0.6) is 0 Å². The van der Waals surface area contributed by atoms with Crippen molar-refractivity contribution in [2.75, 3.05) is 13.1 Å². The minimum absolute atomic E-state index is 0. The third-order valence-electron chi connectivity index (χ3n) is 4.11. The second-order valence-electron chi connectivity index (χ2n) is 6.17. The van der Waals surface area contributed by atoms with Gasteiger partial charge in [-0.2, -0.15) is 13.2 Å². The van der Waals surface area contributed by atoms with Gasteiger partial charge in [0.2, 0.25) is 5.60 Å². The normalized spacial score (nSPS) is 14.2. The summed E-state index contributed by atoms with van der Waals surface area (Å²) in [5, 5.41) is 17.0. The molecule has 0 saturated carbocycles. The SMILES string of the molecule is CCNC(=NCc1ncc(CC)s1)NCCC(O)(c1nccn1C)C(F)(F)F.I. The lowest BCUT2D eigenvalue weighted by molar-refractivity contribution is -0.272. The number of hydrogen-bond donors (Lipinski definition) is 3. The summed E-state index contributed by atoms with van der Waals surface area (Å²) < 4.78 is 41.8. The largest absolute Gasteiger partial charge is 0.424 e. The highest BCUT2D eigenvalue weighted by atomic mass is 127. The number of nitrogens with zero attached hydrogens (tertiary/aromatic N) is 4. The molecule has 12 heteroatoms. The molecular formula is C17H26F3IN6OS. The van der Waals surface area contributed by atoms with Crippen molar-refractivity contribution in [3.63, 3.8) is 0 Å². The van der Waals surface area contributed by atoms with E-state index in [1.807, 2.05) is 13.8 Å². The Kier molecular flexibility index (Phi) is 9.82. The molecule has 0 radical (unpaired) electrons. The first kappa shape index (κ1) is 25.6. The van der Waals surface area contributed by atoms with Crippen LogP contribution in [-0.2, 0) is 25.6 Å². The maximum absolute atomic E-state index is 13.5. The maximum Gasteiger partial charge on any atom is 0.424 e. The fourth-order valence-electron chi connectivity index (χ4n) is 2.58. The van der Waals surface area contributed by atoms with E-state index in [2.05, 4.69) is 25.6 Å². The lowest BCUT2D eigenvalue weighted by Crippen LogP contribution is -2.47. The van der Waals surface area contributed by atoms with Crippen molar-refractivity contribution in [1.29, 1.82) is 0 Å². The highest BCUT2D eigenvalue weighted by Gasteiger charge is 2.57. The minimum atomic E-state index is -4.86. The number of guanidine groups is 1. The van der Waals surface area contributed by atoms with Gasteiger partial charge in [0.25, 0.3) is 0 Å². The molecule has 0 aromatic carbocycles. The van der Waals surface area contributed by atoms with Crippen molar-refractivity contribution in [3.05, 3.63) is 34.3 Å². The van der Waals surface area contributed by atoms with Crippen molar-refractivity contribution >= 4 is 41.3 Å². The number of thiazole rings is 1. The van der Waals surface area contributed by atoms with Crippen LogP contribution in [0.15, 0.2) is 23.6 Å². The first-order chi connectivity index (χ1) is 13.2. The van der Waals surface area contributed by atoms with Crippen LogP contribution >= 0.6 is 35.3 Å². The van der Waals surface area contributed by atoms with E-state index >= 15 is 0 Å². The molecule has 2 aromatic heterocycles. The lowest BCUT2D eigenvalue weighted by atomic mass is 9.97. The summed E-state index contributed by atoms with van der Waals surface area (Å²) in [6.07, 6.45) is -0.189. The fraction of sp³-hybridized carbons (Fsp3) is 0.588. The number of aromatic nitrogens is 3. The van der Waals surface area contributed by atoms with E-state index in [-0.39, 0.29) is 30.5 Å². The smallest absolute Gasteiger partial charge is 0.374 e. The molecule has 2 heterocycles. The Labute approximate surface area is 188 Å². The zero-order chi connectivity index (χ0) is 20.8. The van der Waals surface area contributed by atoms with Gasteiger partial charge in [0.15, 0.2) is 5.96 Å². The van der Waals surface area contributed by atoms with Crippen molar-refractivity contribution < 1.29 is 18.3 Å². The quantitative estimate of drug-likeness (QED) is 0.270. The summed E-state index contributed by atoms with van der Waals surface area (Å²) in [6.45, 7) is 4.62. The average Bonchev–Trinajstić information content (AvgIpc) is 3.27. The molecular weight excluding hydrogens is 520 g/mol. The molecule has 0 fully saturated rings. The second-order valence-corrected chi connectivity index (χ2v) is 7.37. The van der Waals surface area contributed by atoms with E-state index in [1.54, 1.807) is 17.5 Å². The van der Waals surface area contributed by atoms with Gasteiger partial charge in [-0.1, -0.05) is 6.92 Å². The number of alkyl halides is 3. The molecule has 2 aromatic rings. The van der Waals surface area contributed by atoms with Gasteiger partial charge in [0.05, 0.1) is 6.54 Å². The molecule has 0 aliphatic rings. The first-order valence-electron chi connectivity index (χ1n) is 8.94. The van der Waals surface area contributed by atoms with Crippen LogP contribution in [0.2, 0.25) is 0 Å². The molecule has 0 bridgehead atoms. The number of rotatable bonds is 8. The Morgan fingerprint density at radius 1 is 1.28 bits per heavy atom. The summed E-state index contributed by atoms with van der Waals surface area (Å²) in [5.41, 5.74) is -3.05. The summed E-state index contributed by atoms with van der Waals surface area (Å²) in [7, 11) is 1.41. The van der Waals surface area contributed by atoms with Crippen LogP contribution in [0.4, 0.5) is 13.2 Å². The van der Waals surface area contributed by atoms with Crippen LogP contribution in [-0.4, -0.2) is 44.9 Å². The second kappa shape index (κ2) is 11.1. The molecule has 0 aliphatic heterocycles. The molecule has 1 unspecified atom stereocenters. The molecule has 2 rings (SSSR count). The predicted octanol–water partition coefficient (Wildman–Crippen LogP) is 2.95. The number of aliphatic imine (C=N–C) groups is 1. The molecule has 164 valence electrons. The Morgan fingerprint density at radius 2 is 2.00 bits per heavy atom. The van der Waals surface area contributed by atoms with Gasteiger partial charge in [0, 0.05) is 50.0 Å². The summed E-state index contributed by atoms with van der Waals surface area (Å²) in [4.78, 5) is 13.5. The standard InChI is InChI=1S/C17H25F3N6OS.HI/c1-4-12-10-24-13(28-12)11-25-15(21-5-2)23-7-6-16(27,17(18,19)20)14-22-8-9-26(14)3;/h8-10,27H,4-7,11H2,1-3H3,(H2,21,23,25);1H. The third kappa shape index (κ3) is 6.54. The lowest BCUT2D eigenvalue weighted by Gasteiger charge is -2.30. The zero-order valence-corrected chi connectivity index (χ0v) is 19.6. The minimum Gasteiger partial charge on any atom is -0.374 e. The van der Waals surface area contributed by atoms with Gasteiger partial charge in [0.1, 0.15) is 10.8 Å². The van der Waals surface area contributed by atoms with Crippen LogP contribution in [0.1, 0.15) is 36.0 Å². The number of nitrogens with one attached hydrogen (secondary N) is 2. The number of aliphatic hydroxyl groups is 1. The Bertz CT molecular complexity index is 794. The number of imidazole rings is 1. The topological polar surface area (TPSA) is 87.4 Å². The van der Waals surface area contributed by atoms with Crippen molar-refractivity contribution in [2.45, 2.75) is 45.0 Å². The van der Waals surface area contributed by atoms with Gasteiger partial charge in [-0.15, -0.1) is 35.3 Å². The van der Waals surface area contributed by atoms with Gasteiger partial charge in [-0.3, -0.25) is 0 Å². The number of hydrogen-bond acceptors (Lipinski definition) is 5. The monoisotopic (exact) mass is 546 g/mol. The van der Waals surface area contributed by atoms with Gasteiger partial charge >= 0.3 is 6.18 Å². The molecule has 0 amide bonds. The Morgan fingerprint density at radius 3 is 2.52 bits per heavy atom. The van der Waals surface area contributed by atoms with Gasteiger partial charge < -0.3 is 20.3 Å². The van der Waals surface area contributed by atoms with Crippen molar-refractivity contribution in [3.8, 4) is 0 Å². The highest BCUT2D eigenvalue weighted by Crippen LogP contribution is 2.40. The summed E-state index contributed by atoms with van der Waals surface area (Å²) >= 11 is 1.55. The molecule has 3 N–H and O–H groups in total. The van der Waals surface area contributed by atoms with Gasteiger partial charge in [-0.25, -0.2) is 15.0 Å². The molecule has 7 nitrogen and oxygen atoms in total. The Hall–Kier alpha value is -1.41. The molecule has 0 saturated heterocycles. The van der Waals surface area contributed by atoms with Crippen LogP contribution < -0.4 is 10.6 Å². The van der Waals surface area contributed by atoms with Crippen LogP contribution in [0, 0.1) is 0 Å². The number of aryl methyl sites for hydroxylation is 2. The van der Waals surface area contributed by atoms with E-state index in [0.29, 0.717) is 19.0 Å². The van der Waals surface area contributed by atoms with E-state index in [0.717, 1.165) is 16.3 Å². The van der Waals surface area contributed by atoms with E-state index in [9.17, 15) is 18.3 Å². The fourth-order valence-corrected chi connectivity index (χ4v) is 3.37.